The third-order valence-corrected chi connectivity index (χ3v) is 2.08. The van der Waals surface area contributed by atoms with Crippen molar-refractivity contribution in [2.24, 2.45) is 11.1 Å². The third-order valence-electron chi connectivity index (χ3n) is 1.35. The summed E-state index contributed by atoms with van der Waals surface area (Å²) in [4.78, 5) is 0.197. The van der Waals surface area contributed by atoms with E-state index in [1.54, 1.807) is 20.8 Å². The summed E-state index contributed by atoms with van der Waals surface area (Å²) in [7, 11) is 0. The van der Waals surface area contributed by atoms with Gasteiger partial charge in [0.15, 0.2) is 0 Å². The Morgan fingerprint density at radius 2 is 1.62 bits per heavy atom. The molecule has 0 aliphatic carbocycles. The zero-order valence-corrected chi connectivity index (χ0v) is 8.51. The quantitative estimate of drug-likeness (QED) is 0.533. The normalized spacial score (nSPS) is 14.5. The first-order chi connectivity index (χ1) is 5.55. The molecule has 0 aromatic heterocycles. The highest BCUT2D eigenvalue weighted by molar-refractivity contribution is 7.80. The molecule has 2 N–H and O–H groups in total. The molecule has 0 aliphatic heterocycles. The molecule has 0 rings (SSSR count). The molecule has 0 saturated carbocycles. The number of hydrogen-bond donors (Lipinski definition) is 1. The summed E-state index contributed by atoms with van der Waals surface area (Å²) in [5, 5.41) is 0. The lowest BCUT2D eigenvalue weighted by Crippen LogP contribution is -2.24. The highest BCUT2D eigenvalue weighted by Crippen LogP contribution is 2.24. The maximum absolute atomic E-state index is 11.9. The molecule has 1 nitrogen and oxygen atoms in total. The number of alkyl halides is 3. The van der Waals surface area contributed by atoms with E-state index < -0.39 is 17.3 Å². The van der Waals surface area contributed by atoms with Crippen LogP contribution in [-0.2, 0) is 0 Å². The molecule has 0 fully saturated rings. The molecule has 0 bridgehead atoms. The highest BCUT2D eigenvalue weighted by Gasteiger charge is 2.32. The van der Waals surface area contributed by atoms with Crippen LogP contribution in [-0.4, -0.2) is 11.0 Å². The Kier molecular flexibility index (Phi) is 3.49. The van der Waals surface area contributed by atoms with Crippen LogP contribution < -0.4 is 5.73 Å². The van der Waals surface area contributed by atoms with Crippen LogP contribution in [0.2, 0.25) is 0 Å². The molecular formula is C8H12F3NS. The minimum absolute atomic E-state index is 0.197. The van der Waals surface area contributed by atoms with Gasteiger partial charge in [-0.3, -0.25) is 0 Å². The molecule has 0 amide bonds. The smallest absolute Gasteiger partial charge is 0.395 e. The SMILES string of the molecule is CC(C)(C)C(=S)C=C(N)C(F)(F)F. The lowest BCUT2D eigenvalue weighted by atomic mass is 9.91. The third kappa shape index (κ3) is 4.26. The summed E-state index contributed by atoms with van der Waals surface area (Å²) in [6.45, 7) is 5.19. The molecule has 76 valence electrons. The molecule has 0 saturated heterocycles. The first-order valence-electron chi connectivity index (χ1n) is 3.64. The summed E-state index contributed by atoms with van der Waals surface area (Å²) in [5.74, 6) is 0. The molecule has 0 radical (unpaired) electrons. The maximum atomic E-state index is 11.9. The van der Waals surface area contributed by atoms with E-state index >= 15 is 0 Å². The Hall–Kier alpha value is -0.580. The van der Waals surface area contributed by atoms with Gasteiger partial charge in [0.2, 0.25) is 0 Å². The van der Waals surface area contributed by atoms with Gasteiger partial charge in [-0.1, -0.05) is 33.0 Å². The second-order valence-electron chi connectivity index (χ2n) is 3.71. The van der Waals surface area contributed by atoms with Crippen molar-refractivity contribution in [3.8, 4) is 0 Å². The van der Waals surface area contributed by atoms with Gasteiger partial charge in [0.05, 0.1) is 0 Å². The maximum Gasteiger partial charge on any atom is 0.430 e. The minimum atomic E-state index is -4.49. The monoisotopic (exact) mass is 211 g/mol. The summed E-state index contributed by atoms with van der Waals surface area (Å²) in [5.41, 5.74) is 3.18. The molecule has 0 spiro atoms. The van der Waals surface area contributed by atoms with Crippen molar-refractivity contribution in [3.05, 3.63) is 11.8 Å². The van der Waals surface area contributed by atoms with E-state index in [1.807, 2.05) is 0 Å². The summed E-state index contributed by atoms with van der Waals surface area (Å²) in [6.07, 6.45) is -3.69. The Labute approximate surface area is 80.8 Å². The van der Waals surface area contributed by atoms with Crippen LogP contribution in [0.15, 0.2) is 11.8 Å². The molecule has 0 aliphatic rings. The second-order valence-corrected chi connectivity index (χ2v) is 4.15. The fourth-order valence-electron chi connectivity index (χ4n) is 0.440. The highest BCUT2D eigenvalue weighted by atomic mass is 32.1. The topological polar surface area (TPSA) is 26.0 Å². The van der Waals surface area contributed by atoms with Gasteiger partial charge in [-0.25, -0.2) is 0 Å². The van der Waals surface area contributed by atoms with E-state index in [1.165, 1.54) is 0 Å². The lowest BCUT2D eigenvalue weighted by Gasteiger charge is -2.17. The Bertz CT molecular complexity index is 235. The number of hydrogen-bond acceptors (Lipinski definition) is 2. The van der Waals surface area contributed by atoms with Gasteiger partial charge in [-0.2, -0.15) is 13.2 Å². The zero-order chi connectivity index (χ0) is 10.9. The van der Waals surface area contributed by atoms with E-state index in [0.717, 1.165) is 6.08 Å². The van der Waals surface area contributed by atoms with Gasteiger partial charge in [-0.05, 0) is 11.5 Å². The van der Waals surface area contributed by atoms with E-state index in [0.29, 0.717) is 0 Å². The standard InChI is InChI=1S/C8H12F3NS/c1-7(2,3)6(13)4-5(12)8(9,10)11/h4H,12H2,1-3H3. The van der Waals surface area contributed by atoms with Crippen LogP contribution in [0.1, 0.15) is 20.8 Å². The van der Waals surface area contributed by atoms with Crippen LogP contribution in [0.5, 0.6) is 0 Å². The molecular weight excluding hydrogens is 199 g/mol. The molecule has 13 heavy (non-hydrogen) atoms. The van der Waals surface area contributed by atoms with E-state index in [-0.39, 0.29) is 4.86 Å². The average Bonchev–Trinajstić information content (AvgIpc) is 1.82. The first kappa shape index (κ1) is 12.4. The van der Waals surface area contributed by atoms with Gasteiger partial charge in [0.25, 0.3) is 0 Å². The number of allylic oxidation sites excluding steroid dienone is 2. The zero-order valence-electron chi connectivity index (χ0n) is 7.70. The summed E-state index contributed by atoms with van der Waals surface area (Å²) >= 11 is 4.78. The summed E-state index contributed by atoms with van der Waals surface area (Å²) in [6, 6.07) is 0. The van der Waals surface area contributed by atoms with Crippen molar-refractivity contribution in [1.29, 1.82) is 0 Å². The summed E-state index contributed by atoms with van der Waals surface area (Å²) < 4.78 is 35.8. The largest absolute Gasteiger partial charge is 0.430 e. The van der Waals surface area contributed by atoms with Crippen LogP contribution in [0.4, 0.5) is 13.2 Å². The van der Waals surface area contributed by atoms with Gasteiger partial charge in [-0.15, -0.1) is 0 Å². The fraction of sp³-hybridized carbons (Fsp3) is 0.625. The predicted molar refractivity (Wildman–Crippen MR) is 50.4 cm³/mol. The molecule has 5 heteroatoms. The Balaban J connectivity index is 4.70. The van der Waals surface area contributed by atoms with Crippen molar-refractivity contribution in [2.75, 3.05) is 0 Å². The molecule has 0 unspecified atom stereocenters. The van der Waals surface area contributed by atoms with E-state index in [4.69, 9.17) is 18.0 Å². The molecule has 0 atom stereocenters. The lowest BCUT2D eigenvalue weighted by molar-refractivity contribution is -0.0925. The van der Waals surface area contributed by atoms with E-state index in [9.17, 15) is 13.2 Å². The molecule has 0 aromatic rings. The number of nitrogens with two attached hydrogens (primary N) is 1. The predicted octanol–water partition coefficient (Wildman–Crippen LogP) is 2.81. The number of thiocarbonyl (C=S) groups is 1. The van der Waals surface area contributed by atoms with Gasteiger partial charge >= 0.3 is 6.18 Å². The Morgan fingerprint density at radius 3 is 1.85 bits per heavy atom. The minimum Gasteiger partial charge on any atom is -0.395 e. The number of halogens is 3. The molecule has 0 heterocycles. The van der Waals surface area contributed by atoms with E-state index in [2.05, 4.69) is 0 Å². The van der Waals surface area contributed by atoms with Crippen LogP contribution >= 0.6 is 12.2 Å². The van der Waals surface area contributed by atoms with Crippen molar-refractivity contribution < 1.29 is 13.2 Å². The number of rotatable bonds is 1. The van der Waals surface area contributed by atoms with Crippen molar-refractivity contribution in [3.63, 3.8) is 0 Å². The van der Waals surface area contributed by atoms with Crippen molar-refractivity contribution >= 4 is 17.1 Å². The van der Waals surface area contributed by atoms with Gasteiger partial charge < -0.3 is 5.73 Å². The first-order valence-corrected chi connectivity index (χ1v) is 4.05. The van der Waals surface area contributed by atoms with Crippen LogP contribution in [0.25, 0.3) is 0 Å². The van der Waals surface area contributed by atoms with Gasteiger partial charge in [0.1, 0.15) is 5.70 Å². The average molecular weight is 211 g/mol. The van der Waals surface area contributed by atoms with Crippen LogP contribution in [0.3, 0.4) is 0 Å². The van der Waals surface area contributed by atoms with Crippen molar-refractivity contribution in [2.45, 2.75) is 26.9 Å². The second kappa shape index (κ2) is 3.65. The van der Waals surface area contributed by atoms with Crippen LogP contribution in [0, 0.1) is 5.41 Å². The van der Waals surface area contributed by atoms with Crippen molar-refractivity contribution in [1.82, 2.24) is 0 Å². The Morgan fingerprint density at radius 1 is 1.23 bits per heavy atom. The fourth-order valence-corrected chi connectivity index (χ4v) is 0.567. The van der Waals surface area contributed by atoms with Gasteiger partial charge in [0, 0.05) is 4.86 Å². The molecule has 0 aromatic carbocycles.